The Bertz CT molecular complexity index is 788. The lowest BCUT2D eigenvalue weighted by Crippen LogP contribution is -2.47. The van der Waals surface area contributed by atoms with Crippen LogP contribution in [0, 0.1) is 0 Å². The zero-order chi connectivity index (χ0) is 18.4. The minimum atomic E-state index is -0.730. The van der Waals surface area contributed by atoms with Crippen molar-refractivity contribution >= 4 is 40.7 Å². The van der Waals surface area contributed by atoms with Crippen LogP contribution in [0.1, 0.15) is 16.4 Å². The van der Waals surface area contributed by atoms with Crippen molar-refractivity contribution < 1.29 is 9.36 Å². The second-order valence-corrected chi connectivity index (χ2v) is 6.44. The van der Waals surface area contributed by atoms with E-state index in [0.717, 1.165) is 5.69 Å². The van der Waals surface area contributed by atoms with Crippen molar-refractivity contribution in [3.05, 3.63) is 72.0 Å². The molecular formula is C19H20ClN3OS. The van der Waals surface area contributed by atoms with E-state index in [-0.39, 0.29) is 5.78 Å². The van der Waals surface area contributed by atoms with E-state index in [9.17, 15) is 4.79 Å². The third-order valence-corrected chi connectivity index (χ3v) is 4.33. The van der Waals surface area contributed by atoms with Gasteiger partial charge in [0.15, 0.2) is 12.4 Å². The van der Waals surface area contributed by atoms with Crippen molar-refractivity contribution in [2.75, 3.05) is 25.5 Å². The van der Waals surface area contributed by atoms with Crippen LogP contribution >= 0.6 is 11.6 Å². The summed E-state index contributed by atoms with van der Waals surface area (Å²) in [6, 6.07) is 10.1. The van der Waals surface area contributed by atoms with Crippen LogP contribution in [0.4, 0.5) is 5.69 Å². The number of hydrogen-bond donors (Lipinski definition) is 0. The maximum Gasteiger partial charge on any atom is 0.237 e. The van der Waals surface area contributed by atoms with Gasteiger partial charge in [-0.3, -0.25) is 4.79 Å². The monoisotopic (exact) mass is 373 g/mol. The van der Waals surface area contributed by atoms with Gasteiger partial charge in [-0.1, -0.05) is 29.8 Å². The first-order chi connectivity index (χ1) is 12.0. The van der Waals surface area contributed by atoms with Crippen molar-refractivity contribution in [3.63, 3.8) is 0 Å². The van der Waals surface area contributed by atoms with Crippen LogP contribution in [0.15, 0.2) is 66.4 Å². The molecule has 25 heavy (non-hydrogen) atoms. The average Bonchev–Trinajstić information content (AvgIpc) is 2.60. The second kappa shape index (κ2) is 8.74. The van der Waals surface area contributed by atoms with E-state index in [1.165, 1.54) is 0 Å². The van der Waals surface area contributed by atoms with Crippen molar-refractivity contribution in [2.24, 2.45) is 4.99 Å². The largest absolute Gasteiger partial charge is 0.758 e. The standard InChI is InChI=1S/C19H20ClN3OS/c1-4-11-21-19(25)17(18(24)15-7-5-6-8-16(15)20)23-12-9-14(10-13-23)22(2)3/h4-10,12-13,17H,1,11H2,2-3H3/t17-/m0/s1. The van der Waals surface area contributed by atoms with Crippen LogP contribution in [0.3, 0.4) is 0 Å². The van der Waals surface area contributed by atoms with E-state index in [2.05, 4.69) is 11.6 Å². The number of aromatic nitrogens is 1. The summed E-state index contributed by atoms with van der Waals surface area (Å²) in [6.07, 6.45) is 5.29. The lowest BCUT2D eigenvalue weighted by molar-refractivity contribution is -0.691. The smallest absolute Gasteiger partial charge is 0.237 e. The summed E-state index contributed by atoms with van der Waals surface area (Å²) in [5.74, 6) is -0.189. The van der Waals surface area contributed by atoms with Crippen LogP contribution in [-0.2, 0) is 12.6 Å². The SMILES string of the molecule is C=CCN=C([S-])[C@H](C(=O)c1ccccc1Cl)[n+]1ccc(N(C)C)cc1. The fraction of sp³-hybridized carbons (Fsp3) is 0.211. The van der Waals surface area contributed by atoms with E-state index in [0.29, 0.717) is 22.2 Å². The molecule has 1 atom stereocenters. The molecule has 2 rings (SSSR count). The normalized spacial score (nSPS) is 12.5. The summed E-state index contributed by atoms with van der Waals surface area (Å²) in [5.41, 5.74) is 1.45. The van der Waals surface area contributed by atoms with E-state index < -0.39 is 6.04 Å². The fourth-order valence-corrected chi connectivity index (χ4v) is 2.86. The molecule has 130 valence electrons. The van der Waals surface area contributed by atoms with Gasteiger partial charge in [-0.15, -0.1) is 6.58 Å². The molecule has 1 aromatic heterocycles. The molecule has 0 N–H and O–H groups in total. The highest BCUT2D eigenvalue weighted by atomic mass is 35.5. The topological polar surface area (TPSA) is 36.6 Å². The van der Waals surface area contributed by atoms with Gasteiger partial charge in [-0.2, -0.15) is 4.57 Å². The van der Waals surface area contributed by atoms with Gasteiger partial charge in [0, 0.05) is 37.5 Å². The van der Waals surface area contributed by atoms with Gasteiger partial charge in [0.2, 0.25) is 11.8 Å². The molecular weight excluding hydrogens is 354 g/mol. The first-order valence-electron chi connectivity index (χ1n) is 7.74. The van der Waals surface area contributed by atoms with E-state index >= 15 is 0 Å². The number of hydrogen-bond acceptors (Lipinski definition) is 4. The molecule has 2 aromatic rings. The van der Waals surface area contributed by atoms with Gasteiger partial charge < -0.3 is 22.5 Å². The highest BCUT2D eigenvalue weighted by molar-refractivity contribution is 7.77. The molecule has 1 heterocycles. The molecule has 0 aliphatic carbocycles. The van der Waals surface area contributed by atoms with Gasteiger partial charge in [0.25, 0.3) is 0 Å². The Labute approximate surface area is 158 Å². The third-order valence-electron chi connectivity index (χ3n) is 3.65. The molecule has 0 unspecified atom stereocenters. The van der Waals surface area contributed by atoms with E-state index in [1.54, 1.807) is 34.9 Å². The van der Waals surface area contributed by atoms with Gasteiger partial charge >= 0.3 is 0 Å². The van der Waals surface area contributed by atoms with Crippen LogP contribution in [-0.4, -0.2) is 31.5 Å². The molecule has 0 aliphatic rings. The molecule has 0 spiro atoms. The summed E-state index contributed by atoms with van der Waals surface area (Å²) in [7, 11) is 3.91. The Morgan fingerprint density at radius 2 is 1.96 bits per heavy atom. The van der Waals surface area contributed by atoms with Gasteiger partial charge in [-0.05, 0) is 17.2 Å². The van der Waals surface area contributed by atoms with Crippen LogP contribution in [0.25, 0.3) is 0 Å². The lowest BCUT2D eigenvalue weighted by Gasteiger charge is -2.19. The zero-order valence-corrected chi connectivity index (χ0v) is 15.8. The van der Waals surface area contributed by atoms with Gasteiger partial charge in [-0.25, -0.2) is 0 Å². The highest BCUT2D eigenvalue weighted by Crippen LogP contribution is 2.20. The number of aliphatic imine (C=N–C) groups is 1. The summed E-state index contributed by atoms with van der Waals surface area (Å²) in [6.45, 7) is 4.00. The van der Waals surface area contributed by atoms with Crippen LogP contribution in [0.2, 0.25) is 5.02 Å². The Hall–Kier alpha value is -2.24. The zero-order valence-electron chi connectivity index (χ0n) is 14.2. The lowest BCUT2D eigenvalue weighted by atomic mass is 10.0. The molecule has 0 fully saturated rings. The van der Waals surface area contributed by atoms with Crippen molar-refractivity contribution in [3.8, 4) is 0 Å². The van der Waals surface area contributed by atoms with Crippen LogP contribution in [0.5, 0.6) is 0 Å². The number of anilines is 1. The number of halogens is 1. The van der Waals surface area contributed by atoms with Crippen molar-refractivity contribution in [2.45, 2.75) is 6.04 Å². The van der Waals surface area contributed by atoms with Crippen LogP contribution < -0.4 is 9.47 Å². The van der Waals surface area contributed by atoms with E-state index in [4.69, 9.17) is 24.2 Å². The maximum atomic E-state index is 13.1. The first-order valence-corrected chi connectivity index (χ1v) is 8.53. The van der Waals surface area contributed by atoms with Crippen molar-refractivity contribution in [1.29, 1.82) is 0 Å². The molecule has 0 saturated heterocycles. The number of carbonyl (C=O) groups is 1. The molecule has 6 heteroatoms. The number of rotatable bonds is 7. The molecule has 4 nitrogen and oxygen atoms in total. The summed E-state index contributed by atoms with van der Waals surface area (Å²) < 4.78 is 1.76. The Kier molecular flexibility index (Phi) is 6.67. The molecule has 0 radical (unpaired) electrons. The fourth-order valence-electron chi connectivity index (χ4n) is 2.32. The maximum absolute atomic E-state index is 13.1. The molecule has 0 amide bonds. The molecule has 0 bridgehead atoms. The highest BCUT2D eigenvalue weighted by Gasteiger charge is 2.29. The minimum absolute atomic E-state index is 0.189. The third kappa shape index (κ3) is 4.65. The van der Waals surface area contributed by atoms with E-state index in [1.807, 2.05) is 43.5 Å². The number of nitrogens with zero attached hydrogens (tertiary/aromatic N) is 3. The molecule has 0 saturated carbocycles. The molecule has 0 aliphatic heterocycles. The average molecular weight is 374 g/mol. The number of ketones is 1. The van der Waals surface area contributed by atoms with Gasteiger partial charge in [0.1, 0.15) is 0 Å². The Morgan fingerprint density at radius 3 is 2.52 bits per heavy atom. The number of carbonyl (C=O) groups excluding carboxylic acids is 1. The predicted octanol–water partition coefficient (Wildman–Crippen LogP) is 3.25. The second-order valence-electron chi connectivity index (χ2n) is 5.61. The quantitative estimate of drug-likeness (QED) is 0.187. The summed E-state index contributed by atoms with van der Waals surface area (Å²) in [5, 5.41) is 0.696. The summed E-state index contributed by atoms with van der Waals surface area (Å²) in [4.78, 5) is 19.4. The number of Topliss-reactive ketones (excluding diaryl/α,β-unsaturated/α-hetero) is 1. The Morgan fingerprint density at radius 1 is 1.32 bits per heavy atom. The van der Waals surface area contributed by atoms with Gasteiger partial charge in [0.05, 0.1) is 11.6 Å². The number of benzene rings is 1. The first kappa shape index (κ1) is 19.1. The number of pyridine rings is 1. The molecule has 1 aromatic carbocycles. The Balaban J connectivity index is 2.48. The minimum Gasteiger partial charge on any atom is -0.758 e. The predicted molar refractivity (Wildman–Crippen MR) is 106 cm³/mol. The van der Waals surface area contributed by atoms with Crippen molar-refractivity contribution in [1.82, 2.24) is 0 Å². The summed E-state index contributed by atoms with van der Waals surface area (Å²) >= 11 is 11.6.